The lowest BCUT2D eigenvalue weighted by Gasteiger charge is -2.27. The van der Waals surface area contributed by atoms with E-state index in [0.29, 0.717) is 12.1 Å². The second kappa shape index (κ2) is 7.81. The molecule has 2 atom stereocenters. The van der Waals surface area contributed by atoms with Gasteiger partial charge in [-0.1, -0.05) is 19.1 Å². The van der Waals surface area contributed by atoms with Crippen molar-refractivity contribution in [2.24, 2.45) is 0 Å². The Kier molecular flexibility index (Phi) is 6.07. The van der Waals surface area contributed by atoms with Crippen LogP contribution >= 0.6 is 0 Å². The summed E-state index contributed by atoms with van der Waals surface area (Å²) in [5, 5.41) is 3.54. The highest BCUT2D eigenvalue weighted by molar-refractivity contribution is 5.47. The van der Waals surface area contributed by atoms with Crippen LogP contribution in [0.3, 0.4) is 0 Å². The molecular formula is C18H31N3. The molecule has 2 rings (SSSR count). The lowest BCUT2D eigenvalue weighted by atomic mass is 10.1. The molecule has 1 heterocycles. The average Bonchev–Trinajstić information content (AvgIpc) is 2.90. The van der Waals surface area contributed by atoms with Crippen LogP contribution in [0.1, 0.15) is 44.7 Å². The largest absolute Gasteiger partial charge is 0.373 e. The molecule has 1 fully saturated rings. The Morgan fingerprint density at radius 3 is 2.62 bits per heavy atom. The van der Waals surface area contributed by atoms with Crippen LogP contribution in [0, 0.1) is 0 Å². The second-order valence-corrected chi connectivity index (χ2v) is 6.42. The van der Waals surface area contributed by atoms with E-state index in [9.17, 15) is 0 Å². The highest BCUT2D eigenvalue weighted by Gasteiger charge is 2.22. The van der Waals surface area contributed by atoms with Gasteiger partial charge in [-0.05, 0) is 64.0 Å². The summed E-state index contributed by atoms with van der Waals surface area (Å²) in [6, 6.07) is 10.2. The first-order valence-corrected chi connectivity index (χ1v) is 8.36. The van der Waals surface area contributed by atoms with E-state index in [1.54, 1.807) is 0 Å². The van der Waals surface area contributed by atoms with Crippen molar-refractivity contribution in [1.82, 2.24) is 10.2 Å². The van der Waals surface area contributed by atoms with Crippen LogP contribution in [-0.4, -0.2) is 44.7 Å². The van der Waals surface area contributed by atoms with Gasteiger partial charge in [0.05, 0.1) is 0 Å². The highest BCUT2D eigenvalue weighted by Crippen LogP contribution is 2.21. The number of hydrogen-bond acceptors (Lipinski definition) is 3. The number of hydrogen-bond donors (Lipinski definition) is 1. The third-order valence-electron chi connectivity index (χ3n) is 4.69. The number of nitrogens with one attached hydrogen (secondary N) is 1. The van der Waals surface area contributed by atoms with E-state index in [4.69, 9.17) is 0 Å². The summed E-state index contributed by atoms with van der Waals surface area (Å²) < 4.78 is 0. The van der Waals surface area contributed by atoms with Crippen LogP contribution in [0.4, 0.5) is 5.69 Å². The first kappa shape index (κ1) is 16.3. The quantitative estimate of drug-likeness (QED) is 0.831. The molecule has 1 aromatic carbocycles. The topological polar surface area (TPSA) is 18.5 Å². The van der Waals surface area contributed by atoms with Crippen molar-refractivity contribution in [3.8, 4) is 0 Å². The summed E-state index contributed by atoms with van der Waals surface area (Å²) in [4.78, 5) is 4.88. The van der Waals surface area contributed by atoms with Crippen LogP contribution < -0.4 is 10.2 Å². The van der Waals surface area contributed by atoms with Gasteiger partial charge in [0.1, 0.15) is 0 Å². The maximum absolute atomic E-state index is 3.54. The Morgan fingerprint density at radius 2 is 2.05 bits per heavy atom. The number of likely N-dealkylation sites (tertiary alicyclic amines) is 1. The zero-order valence-corrected chi connectivity index (χ0v) is 14.1. The lowest BCUT2D eigenvalue weighted by molar-refractivity contribution is 0.314. The van der Waals surface area contributed by atoms with Gasteiger partial charge in [-0.2, -0.15) is 0 Å². The molecule has 0 aliphatic carbocycles. The average molecular weight is 289 g/mol. The monoisotopic (exact) mass is 289 g/mol. The molecule has 0 spiro atoms. The summed E-state index contributed by atoms with van der Waals surface area (Å²) in [5.74, 6) is 0. The van der Waals surface area contributed by atoms with Crippen molar-refractivity contribution in [2.75, 3.05) is 38.6 Å². The summed E-state index contributed by atoms with van der Waals surface area (Å²) in [7, 11) is 4.45. The Morgan fingerprint density at radius 1 is 1.33 bits per heavy atom. The van der Waals surface area contributed by atoms with E-state index in [2.05, 4.69) is 67.3 Å². The van der Waals surface area contributed by atoms with Crippen LogP contribution in [-0.2, 0) is 0 Å². The molecule has 0 amide bonds. The molecule has 1 saturated heterocycles. The fourth-order valence-corrected chi connectivity index (χ4v) is 3.13. The van der Waals surface area contributed by atoms with Gasteiger partial charge in [-0.25, -0.2) is 0 Å². The Hall–Kier alpha value is -1.06. The maximum Gasteiger partial charge on any atom is 0.0364 e. The molecule has 2 unspecified atom stereocenters. The Labute approximate surface area is 130 Å². The van der Waals surface area contributed by atoms with Gasteiger partial charge in [0.2, 0.25) is 0 Å². The SMILES string of the molecule is CCCNC(C)c1ccc(N(C)CC2CCCN2C)cc1. The molecule has 1 aromatic rings. The fraction of sp³-hybridized carbons (Fsp3) is 0.667. The van der Waals surface area contributed by atoms with Crippen LogP contribution in [0.2, 0.25) is 0 Å². The third kappa shape index (κ3) is 4.45. The van der Waals surface area contributed by atoms with Crippen molar-refractivity contribution < 1.29 is 0 Å². The number of likely N-dealkylation sites (N-methyl/N-ethyl adjacent to an activating group) is 2. The van der Waals surface area contributed by atoms with E-state index >= 15 is 0 Å². The molecular weight excluding hydrogens is 258 g/mol. The van der Waals surface area contributed by atoms with Crippen LogP contribution in [0.15, 0.2) is 24.3 Å². The van der Waals surface area contributed by atoms with Gasteiger partial charge in [0.25, 0.3) is 0 Å². The molecule has 21 heavy (non-hydrogen) atoms. The van der Waals surface area contributed by atoms with E-state index in [0.717, 1.165) is 13.1 Å². The number of anilines is 1. The number of benzene rings is 1. The summed E-state index contributed by atoms with van der Waals surface area (Å²) in [6.45, 7) is 7.90. The van der Waals surface area contributed by atoms with Crippen LogP contribution in [0.5, 0.6) is 0 Å². The Bertz CT molecular complexity index is 415. The summed E-state index contributed by atoms with van der Waals surface area (Å²) >= 11 is 0. The molecule has 0 saturated carbocycles. The minimum Gasteiger partial charge on any atom is -0.373 e. The number of rotatable bonds is 7. The molecule has 0 aromatic heterocycles. The van der Waals surface area contributed by atoms with Gasteiger partial charge in [0, 0.05) is 31.4 Å². The molecule has 1 aliphatic heterocycles. The molecule has 0 radical (unpaired) electrons. The Balaban J connectivity index is 1.91. The molecule has 1 N–H and O–H groups in total. The summed E-state index contributed by atoms with van der Waals surface area (Å²) in [6.07, 6.45) is 3.85. The first-order valence-electron chi connectivity index (χ1n) is 8.36. The highest BCUT2D eigenvalue weighted by atomic mass is 15.2. The van der Waals surface area contributed by atoms with Gasteiger partial charge >= 0.3 is 0 Å². The number of nitrogens with zero attached hydrogens (tertiary/aromatic N) is 2. The molecule has 1 aliphatic rings. The minimum atomic E-state index is 0.435. The lowest BCUT2D eigenvalue weighted by Crippen LogP contribution is -2.36. The van der Waals surface area contributed by atoms with Crippen molar-refractivity contribution in [1.29, 1.82) is 0 Å². The molecule has 3 nitrogen and oxygen atoms in total. The predicted octanol–water partition coefficient (Wildman–Crippen LogP) is 3.28. The van der Waals surface area contributed by atoms with Gasteiger partial charge in [-0.3, -0.25) is 0 Å². The smallest absolute Gasteiger partial charge is 0.0364 e. The van der Waals surface area contributed by atoms with Gasteiger partial charge in [-0.15, -0.1) is 0 Å². The van der Waals surface area contributed by atoms with E-state index in [1.165, 1.54) is 37.1 Å². The van der Waals surface area contributed by atoms with Crippen LogP contribution in [0.25, 0.3) is 0 Å². The zero-order valence-electron chi connectivity index (χ0n) is 14.1. The summed E-state index contributed by atoms with van der Waals surface area (Å²) in [5.41, 5.74) is 2.69. The minimum absolute atomic E-state index is 0.435. The van der Waals surface area contributed by atoms with Crippen molar-refractivity contribution in [3.63, 3.8) is 0 Å². The van der Waals surface area contributed by atoms with E-state index in [-0.39, 0.29) is 0 Å². The predicted molar refractivity (Wildman–Crippen MR) is 92.1 cm³/mol. The standard InChI is InChI=1S/C18H31N3/c1-5-12-19-15(2)16-8-10-17(11-9-16)21(4)14-18-7-6-13-20(18)3/h8-11,15,18-19H,5-7,12-14H2,1-4H3. The van der Waals surface area contributed by atoms with Crippen molar-refractivity contribution in [3.05, 3.63) is 29.8 Å². The zero-order chi connectivity index (χ0) is 15.2. The van der Waals surface area contributed by atoms with Gasteiger partial charge in [0.15, 0.2) is 0 Å². The van der Waals surface area contributed by atoms with Crippen molar-refractivity contribution in [2.45, 2.75) is 45.2 Å². The normalized spacial score (nSPS) is 20.7. The van der Waals surface area contributed by atoms with Gasteiger partial charge < -0.3 is 15.1 Å². The second-order valence-electron chi connectivity index (χ2n) is 6.42. The van der Waals surface area contributed by atoms with E-state index < -0.39 is 0 Å². The third-order valence-corrected chi connectivity index (χ3v) is 4.69. The molecule has 0 bridgehead atoms. The molecule has 118 valence electrons. The fourth-order valence-electron chi connectivity index (χ4n) is 3.13. The maximum atomic E-state index is 3.54. The first-order chi connectivity index (χ1) is 10.1. The molecule has 3 heteroatoms. The van der Waals surface area contributed by atoms with Crippen molar-refractivity contribution >= 4 is 5.69 Å². The van der Waals surface area contributed by atoms with E-state index in [1.807, 2.05) is 0 Å².